The fourth-order valence-corrected chi connectivity index (χ4v) is 12.8. The van der Waals surface area contributed by atoms with E-state index in [4.69, 9.17) is 47.4 Å². The molecule has 27 atom stereocenters. The molecule has 0 aromatic rings. The Hall–Kier alpha value is -0.920. The first-order valence-electron chi connectivity index (χ1n) is 34.8. The van der Waals surface area contributed by atoms with E-state index in [1.54, 1.807) is 0 Å². The van der Waals surface area contributed by atoms with Crippen molar-refractivity contribution in [3.05, 3.63) is 0 Å². The third-order valence-corrected chi connectivity index (χ3v) is 19.2. The van der Waals surface area contributed by atoms with Crippen LogP contribution in [-0.4, -0.2) is 248 Å². The van der Waals surface area contributed by atoms with Gasteiger partial charge in [-0.2, -0.15) is 0 Å². The highest BCUT2D eigenvalue weighted by atomic mass is 16.8. The van der Waals surface area contributed by atoms with Crippen LogP contribution < -0.4 is 0 Å². The molecule has 0 amide bonds. The molecule has 4 rings (SSSR count). The molecule has 4 heterocycles. The lowest BCUT2D eigenvalue weighted by atomic mass is 9.91. The van der Waals surface area contributed by atoms with Crippen LogP contribution in [-0.2, 0) is 47.4 Å². The van der Waals surface area contributed by atoms with Gasteiger partial charge in [0.25, 0.3) is 0 Å². The lowest BCUT2D eigenvalue weighted by Crippen LogP contribution is -2.68. The maximum Gasteiger partial charge on any atom is 0.187 e. The molecule has 23 nitrogen and oxygen atoms in total. The summed E-state index contributed by atoms with van der Waals surface area (Å²) in [6.45, 7) is 20.5. The molecular weight excluding hydrogens is 1170 g/mol. The fraction of sp³-hybridized carbons (Fsp3) is 1.00. The van der Waals surface area contributed by atoms with Crippen molar-refractivity contribution in [3.8, 4) is 0 Å². The molecule has 0 aromatic carbocycles. The smallest absolute Gasteiger partial charge is 0.187 e. The van der Waals surface area contributed by atoms with Gasteiger partial charge in [-0.05, 0) is 60.2 Å². The van der Waals surface area contributed by atoms with E-state index >= 15 is 0 Å². The number of aliphatic hydroxyl groups excluding tert-OH is 13. The normalized spacial score (nSPS) is 35.2. The first-order valence-corrected chi connectivity index (χ1v) is 34.8. The highest BCUT2D eigenvalue weighted by molar-refractivity contribution is 4.98. The highest BCUT2D eigenvalue weighted by Gasteiger charge is 2.56. The predicted octanol–water partition coefficient (Wildman–Crippen LogP) is 4.61. The Balaban J connectivity index is 1.46. The largest absolute Gasteiger partial charge is 0.394 e. The summed E-state index contributed by atoms with van der Waals surface area (Å²) in [6.07, 6.45) is -13.3. The number of hydrogen-bond acceptors (Lipinski definition) is 23. The molecule has 4 aliphatic rings. The summed E-state index contributed by atoms with van der Waals surface area (Å²) in [5, 5.41) is 141. The third kappa shape index (κ3) is 27.5. The van der Waals surface area contributed by atoms with Gasteiger partial charge >= 0.3 is 0 Å². The summed E-state index contributed by atoms with van der Waals surface area (Å²) in [5.74, 6) is 5.17. The quantitative estimate of drug-likeness (QED) is 0.0370. The number of aliphatic hydroxyl groups is 13. The van der Waals surface area contributed by atoms with E-state index in [9.17, 15) is 66.4 Å². The van der Waals surface area contributed by atoms with Gasteiger partial charge in [-0.1, -0.05) is 185 Å². The van der Waals surface area contributed by atoms with E-state index in [0.717, 1.165) is 68.6 Å². The highest BCUT2D eigenvalue weighted by Crippen LogP contribution is 2.36. The van der Waals surface area contributed by atoms with E-state index in [1.165, 1.54) is 83.5 Å². The van der Waals surface area contributed by atoms with Crippen molar-refractivity contribution in [3.63, 3.8) is 0 Å². The molecule has 534 valence electrons. The standard InChI is InChI=1S/C67H128O23/c1-39(2)17-11-19-41(5)21-13-23-43(7)25-15-27-45(9)29-31-81-37-47(82-32-30-46(10)28-16-26-44(8)24-14-22-42(6)20-12-18-40(3)4)38-83-65-61(57(77)53(73)49(34-69)85-65)89-67-63(59(79)55(75)51(36-71)87-67)90-66-62(58(78)54(74)50(35-70)86-66)88-64-60(80)56(76)52(72)48(33-68)84-64/h39-80H,11-38H2,1-10H3/t41?,42?,43?,44?,45?,46?,47?,48-,49-,50-,51-,52-,53-,54-,55-,56+,57+,58+,59+,60+,61+,62+,63+,64-,65+,66-,67-/m1/s1. The summed E-state index contributed by atoms with van der Waals surface area (Å²) in [7, 11) is 0. The van der Waals surface area contributed by atoms with Gasteiger partial charge < -0.3 is 114 Å². The summed E-state index contributed by atoms with van der Waals surface area (Å²) >= 11 is 0. The zero-order chi connectivity index (χ0) is 66.6. The first kappa shape index (κ1) is 81.5. The van der Waals surface area contributed by atoms with Crippen molar-refractivity contribution in [2.45, 2.75) is 327 Å². The number of rotatable bonds is 46. The molecule has 4 saturated heterocycles. The molecule has 0 saturated carbocycles. The molecule has 4 aliphatic heterocycles. The van der Waals surface area contributed by atoms with Gasteiger partial charge in [-0.25, -0.2) is 0 Å². The Labute approximate surface area is 538 Å². The van der Waals surface area contributed by atoms with Crippen LogP contribution in [0.5, 0.6) is 0 Å². The van der Waals surface area contributed by atoms with Gasteiger partial charge in [0.2, 0.25) is 0 Å². The van der Waals surface area contributed by atoms with Crippen LogP contribution in [0.4, 0.5) is 0 Å². The molecule has 0 bridgehead atoms. The monoisotopic (exact) mass is 1300 g/mol. The van der Waals surface area contributed by atoms with Crippen molar-refractivity contribution in [1.29, 1.82) is 0 Å². The minimum atomic E-state index is -2.05. The molecule has 4 fully saturated rings. The van der Waals surface area contributed by atoms with Crippen LogP contribution in [0.2, 0.25) is 0 Å². The molecule has 90 heavy (non-hydrogen) atoms. The Morgan fingerprint density at radius 2 is 0.589 bits per heavy atom. The molecule has 13 N–H and O–H groups in total. The van der Waals surface area contributed by atoms with Crippen LogP contribution >= 0.6 is 0 Å². The van der Waals surface area contributed by atoms with Crippen LogP contribution in [0.25, 0.3) is 0 Å². The maximum atomic E-state index is 11.8. The summed E-state index contributed by atoms with van der Waals surface area (Å²) in [5.41, 5.74) is 0. The average Bonchev–Trinajstić information content (AvgIpc) is 1.43. The van der Waals surface area contributed by atoms with Gasteiger partial charge in [0.05, 0.1) is 39.6 Å². The second-order valence-electron chi connectivity index (χ2n) is 28.6. The Morgan fingerprint density at radius 3 is 0.944 bits per heavy atom. The lowest BCUT2D eigenvalue weighted by molar-refractivity contribution is -0.406. The number of ether oxygens (including phenoxy) is 10. The lowest BCUT2D eigenvalue weighted by Gasteiger charge is -2.49. The second kappa shape index (κ2) is 43.4. The third-order valence-electron chi connectivity index (χ3n) is 19.2. The zero-order valence-electron chi connectivity index (χ0n) is 56.4. The van der Waals surface area contributed by atoms with Crippen molar-refractivity contribution in [2.24, 2.45) is 47.3 Å². The minimum Gasteiger partial charge on any atom is -0.394 e. The number of hydrogen-bond donors (Lipinski definition) is 13. The topological polar surface area (TPSA) is 355 Å². The van der Waals surface area contributed by atoms with E-state index in [0.29, 0.717) is 36.9 Å². The molecular formula is C67H128O23. The van der Waals surface area contributed by atoms with Gasteiger partial charge in [0, 0.05) is 13.2 Å². The van der Waals surface area contributed by atoms with Gasteiger partial charge in [-0.15, -0.1) is 0 Å². The second-order valence-corrected chi connectivity index (χ2v) is 28.6. The summed E-state index contributed by atoms with van der Waals surface area (Å²) < 4.78 is 60.7. The zero-order valence-corrected chi connectivity index (χ0v) is 56.4. The molecule has 0 aliphatic carbocycles. The van der Waals surface area contributed by atoms with Crippen LogP contribution in [0.3, 0.4) is 0 Å². The molecule has 0 aromatic heterocycles. The minimum absolute atomic E-state index is 0.127. The Morgan fingerprint density at radius 1 is 0.300 bits per heavy atom. The Kier molecular flexibility index (Phi) is 39.3. The molecule has 7 unspecified atom stereocenters. The summed E-state index contributed by atoms with van der Waals surface area (Å²) in [4.78, 5) is 0. The van der Waals surface area contributed by atoms with Gasteiger partial charge in [0.1, 0.15) is 104 Å². The molecule has 23 heteroatoms. The fourth-order valence-electron chi connectivity index (χ4n) is 12.8. The van der Waals surface area contributed by atoms with E-state index < -0.39 is 155 Å². The van der Waals surface area contributed by atoms with Crippen molar-refractivity contribution in [1.82, 2.24) is 0 Å². The van der Waals surface area contributed by atoms with Gasteiger partial charge in [0.15, 0.2) is 25.2 Å². The Bertz CT molecular complexity index is 1810. The van der Waals surface area contributed by atoms with E-state index in [2.05, 4.69) is 69.2 Å². The average molecular weight is 1300 g/mol. The van der Waals surface area contributed by atoms with Crippen molar-refractivity contribution in [2.75, 3.05) is 52.9 Å². The summed E-state index contributed by atoms with van der Waals surface area (Å²) in [6, 6.07) is 0. The molecule has 0 spiro atoms. The SMILES string of the molecule is CC(C)CCCC(C)CCCC(C)CCCC(C)CCOCC(CO[C@H]1O[C@H](CO)[C@@H](O)[C@H](O)[C@@H]1O[C@H]1O[C@H](CO)[C@@H](O)[C@H](O)[C@@H]1O[C@H]1O[C@H](CO)[C@@H](O)[C@H](O)[C@@H]1O[C@H]1O[C@H](CO)[C@@H](O)[C@H](O)[C@@H]1O)OCCC(C)CCCC(C)CCCC(C)CCCC(C)C. The van der Waals surface area contributed by atoms with Crippen molar-refractivity contribution < 1.29 is 114 Å². The van der Waals surface area contributed by atoms with Crippen molar-refractivity contribution >= 4 is 0 Å². The predicted molar refractivity (Wildman–Crippen MR) is 335 cm³/mol. The first-order chi connectivity index (χ1) is 42.8. The van der Waals surface area contributed by atoms with Gasteiger partial charge in [-0.3, -0.25) is 0 Å². The maximum absolute atomic E-state index is 11.8. The van der Waals surface area contributed by atoms with E-state index in [-0.39, 0.29) is 13.2 Å². The van der Waals surface area contributed by atoms with E-state index in [1.807, 2.05) is 0 Å². The van der Waals surface area contributed by atoms with Crippen LogP contribution in [0, 0.1) is 47.3 Å². The van der Waals surface area contributed by atoms with Crippen LogP contribution in [0.1, 0.15) is 198 Å². The van der Waals surface area contributed by atoms with Crippen LogP contribution in [0.15, 0.2) is 0 Å². The molecule has 0 radical (unpaired) electrons.